The van der Waals surface area contributed by atoms with Crippen molar-refractivity contribution in [2.75, 3.05) is 6.54 Å². The maximum absolute atomic E-state index is 10.4. The highest BCUT2D eigenvalue weighted by Crippen LogP contribution is 2.11. The van der Waals surface area contributed by atoms with Crippen molar-refractivity contribution in [3.63, 3.8) is 0 Å². The molecular formula is C9H14N2O3. The van der Waals surface area contributed by atoms with Crippen LogP contribution in [0.15, 0.2) is 22.8 Å². The smallest absolute Gasteiger partial charge is 0.321 e. The molecule has 1 aromatic heterocycles. The van der Waals surface area contributed by atoms with E-state index in [1.54, 1.807) is 12.3 Å². The van der Waals surface area contributed by atoms with Crippen LogP contribution in [0.25, 0.3) is 0 Å². The molecule has 78 valence electrons. The van der Waals surface area contributed by atoms with Gasteiger partial charge in [-0.05, 0) is 19.1 Å². The quantitative estimate of drug-likeness (QED) is 0.635. The Morgan fingerprint density at radius 1 is 1.79 bits per heavy atom. The molecule has 1 heterocycles. The second-order valence-corrected chi connectivity index (χ2v) is 3.09. The van der Waals surface area contributed by atoms with E-state index < -0.39 is 12.0 Å². The highest BCUT2D eigenvalue weighted by Gasteiger charge is 2.14. The summed E-state index contributed by atoms with van der Waals surface area (Å²) in [6.45, 7) is 2.10. The van der Waals surface area contributed by atoms with Gasteiger partial charge >= 0.3 is 5.97 Å². The first-order valence-electron chi connectivity index (χ1n) is 4.36. The van der Waals surface area contributed by atoms with E-state index in [1.165, 1.54) is 0 Å². The van der Waals surface area contributed by atoms with E-state index in [1.807, 2.05) is 13.0 Å². The van der Waals surface area contributed by atoms with Crippen molar-refractivity contribution in [1.82, 2.24) is 5.32 Å². The standard InChI is InChI=1S/C9H14N2O3/c1-6(8-3-2-4-14-8)11-5-7(10)9(12)13/h2-4,6-7,11H,5,10H2,1H3,(H,12,13)/t6-,7?/m0/s1. The van der Waals surface area contributed by atoms with E-state index in [0.717, 1.165) is 5.76 Å². The van der Waals surface area contributed by atoms with Gasteiger partial charge in [-0.1, -0.05) is 0 Å². The lowest BCUT2D eigenvalue weighted by Crippen LogP contribution is -2.40. The largest absolute Gasteiger partial charge is 0.480 e. The fraction of sp³-hybridized carbons (Fsp3) is 0.444. The Labute approximate surface area is 81.9 Å². The van der Waals surface area contributed by atoms with Crippen LogP contribution < -0.4 is 11.1 Å². The van der Waals surface area contributed by atoms with Gasteiger partial charge in [0.05, 0.1) is 12.3 Å². The topological polar surface area (TPSA) is 88.5 Å². The van der Waals surface area contributed by atoms with Crippen molar-refractivity contribution in [2.45, 2.75) is 19.0 Å². The SMILES string of the molecule is C[C@H](NCC(N)C(=O)O)c1ccco1. The number of carboxylic acids is 1. The number of hydrogen-bond acceptors (Lipinski definition) is 4. The van der Waals surface area contributed by atoms with Gasteiger partial charge in [0.25, 0.3) is 0 Å². The van der Waals surface area contributed by atoms with Gasteiger partial charge in [0.1, 0.15) is 11.8 Å². The minimum Gasteiger partial charge on any atom is -0.480 e. The number of furan rings is 1. The van der Waals surface area contributed by atoms with Crippen LogP contribution in [0.3, 0.4) is 0 Å². The van der Waals surface area contributed by atoms with E-state index >= 15 is 0 Å². The van der Waals surface area contributed by atoms with Crippen LogP contribution in [-0.2, 0) is 4.79 Å². The molecule has 0 aliphatic carbocycles. The Morgan fingerprint density at radius 3 is 3.00 bits per heavy atom. The molecule has 1 rings (SSSR count). The molecule has 0 aliphatic rings. The lowest BCUT2D eigenvalue weighted by atomic mass is 10.2. The minimum atomic E-state index is -1.01. The van der Waals surface area contributed by atoms with Crippen LogP contribution >= 0.6 is 0 Å². The molecule has 14 heavy (non-hydrogen) atoms. The molecule has 0 aliphatic heterocycles. The maximum atomic E-state index is 10.4. The number of hydrogen-bond donors (Lipinski definition) is 3. The van der Waals surface area contributed by atoms with Crippen LogP contribution in [-0.4, -0.2) is 23.7 Å². The Balaban J connectivity index is 2.35. The van der Waals surface area contributed by atoms with Crippen molar-refractivity contribution < 1.29 is 14.3 Å². The van der Waals surface area contributed by atoms with Gasteiger partial charge in [-0.15, -0.1) is 0 Å². The molecule has 4 N–H and O–H groups in total. The number of aliphatic carboxylic acids is 1. The third-order valence-electron chi connectivity index (χ3n) is 1.93. The number of nitrogens with one attached hydrogen (secondary N) is 1. The van der Waals surface area contributed by atoms with E-state index in [0.29, 0.717) is 0 Å². The monoisotopic (exact) mass is 198 g/mol. The van der Waals surface area contributed by atoms with Crippen LogP contribution in [0.4, 0.5) is 0 Å². The van der Waals surface area contributed by atoms with Crippen molar-refractivity contribution in [3.8, 4) is 0 Å². The average molecular weight is 198 g/mol. The first kappa shape index (κ1) is 10.7. The zero-order chi connectivity index (χ0) is 10.6. The predicted molar refractivity (Wildman–Crippen MR) is 50.7 cm³/mol. The second-order valence-electron chi connectivity index (χ2n) is 3.09. The van der Waals surface area contributed by atoms with Gasteiger partial charge < -0.3 is 20.6 Å². The van der Waals surface area contributed by atoms with Crippen molar-refractivity contribution in [1.29, 1.82) is 0 Å². The molecule has 1 aromatic rings. The molecule has 0 aromatic carbocycles. The maximum Gasteiger partial charge on any atom is 0.321 e. The van der Waals surface area contributed by atoms with E-state index in [9.17, 15) is 4.79 Å². The van der Waals surface area contributed by atoms with Crippen LogP contribution in [0.2, 0.25) is 0 Å². The Hall–Kier alpha value is -1.33. The molecule has 0 saturated carbocycles. The molecule has 1 unspecified atom stereocenters. The van der Waals surface area contributed by atoms with E-state index in [-0.39, 0.29) is 12.6 Å². The van der Waals surface area contributed by atoms with Crippen molar-refractivity contribution in [3.05, 3.63) is 24.2 Å². The first-order chi connectivity index (χ1) is 6.61. The van der Waals surface area contributed by atoms with E-state index in [4.69, 9.17) is 15.3 Å². The van der Waals surface area contributed by atoms with Gasteiger partial charge in [-0.3, -0.25) is 4.79 Å². The van der Waals surface area contributed by atoms with Gasteiger partial charge in [0, 0.05) is 6.54 Å². The van der Waals surface area contributed by atoms with Gasteiger partial charge in [0.15, 0.2) is 0 Å². The van der Waals surface area contributed by atoms with Crippen LogP contribution in [0.5, 0.6) is 0 Å². The third-order valence-corrected chi connectivity index (χ3v) is 1.93. The summed E-state index contributed by atoms with van der Waals surface area (Å²) in [7, 11) is 0. The zero-order valence-electron chi connectivity index (χ0n) is 7.93. The summed E-state index contributed by atoms with van der Waals surface area (Å²) < 4.78 is 5.14. The van der Waals surface area contributed by atoms with Gasteiger partial charge in [-0.25, -0.2) is 0 Å². The third kappa shape index (κ3) is 2.86. The van der Waals surface area contributed by atoms with Crippen molar-refractivity contribution in [2.24, 2.45) is 5.73 Å². The van der Waals surface area contributed by atoms with Crippen LogP contribution in [0, 0.1) is 0 Å². The highest BCUT2D eigenvalue weighted by molar-refractivity contribution is 5.73. The average Bonchev–Trinajstić information content (AvgIpc) is 2.66. The number of rotatable bonds is 5. The molecule has 0 bridgehead atoms. The molecule has 2 atom stereocenters. The van der Waals surface area contributed by atoms with E-state index in [2.05, 4.69) is 5.32 Å². The summed E-state index contributed by atoms with van der Waals surface area (Å²) in [5, 5.41) is 11.5. The molecule has 5 nitrogen and oxygen atoms in total. The first-order valence-corrected chi connectivity index (χ1v) is 4.36. The summed E-state index contributed by atoms with van der Waals surface area (Å²) in [5.41, 5.74) is 5.33. The predicted octanol–water partition coefficient (Wildman–Crippen LogP) is 0.342. The van der Waals surface area contributed by atoms with Gasteiger partial charge in [0.2, 0.25) is 0 Å². The zero-order valence-corrected chi connectivity index (χ0v) is 7.93. The Bertz CT molecular complexity index is 284. The summed E-state index contributed by atoms with van der Waals surface area (Å²) in [4.78, 5) is 10.4. The second kappa shape index (κ2) is 4.78. The number of carbonyl (C=O) groups is 1. The number of nitrogens with two attached hydrogens (primary N) is 1. The lowest BCUT2D eigenvalue weighted by Gasteiger charge is -2.13. The normalized spacial score (nSPS) is 15.0. The molecule has 0 amide bonds. The Kier molecular flexibility index (Phi) is 3.67. The molecule has 5 heteroatoms. The molecule has 0 radical (unpaired) electrons. The lowest BCUT2D eigenvalue weighted by molar-refractivity contribution is -0.138. The summed E-state index contributed by atoms with van der Waals surface area (Å²) in [6, 6.07) is 2.69. The fourth-order valence-electron chi connectivity index (χ4n) is 1.03. The summed E-state index contributed by atoms with van der Waals surface area (Å²) >= 11 is 0. The molecule has 0 spiro atoms. The van der Waals surface area contributed by atoms with Crippen LogP contribution in [0.1, 0.15) is 18.7 Å². The molecule has 0 fully saturated rings. The molecule has 0 saturated heterocycles. The fourth-order valence-corrected chi connectivity index (χ4v) is 1.03. The Morgan fingerprint density at radius 2 is 2.50 bits per heavy atom. The van der Waals surface area contributed by atoms with Gasteiger partial charge in [-0.2, -0.15) is 0 Å². The summed E-state index contributed by atoms with van der Waals surface area (Å²) in [6.07, 6.45) is 1.57. The minimum absolute atomic E-state index is 0.0320. The summed E-state index contributed by atoms with van der Waals surface area (Å²) in [5.74, 6) is -0.244. The van der Waals surface area contributed by atoms with Crippen molar-refractivity contribution >= 4 is 5.97 Å². The number of carboxylic acid groups (broad SMARTS) is 1. The molecular weight excluding hydrogens is 184 g/mol. The highest BCUT2D eigenvalue weighted by atomic mass is 16.4.